The van der Waals surface area contributed by atoms with E-state index in [4.69, 9.17) is 9.47 Å². The summed E-state index contributed by atoms with van der Waals surface area (Å²) in [6.07, 6.45) is 9.24. The highest BCUT2D eigenvalue weighted by Gasteiger charge is 2.43. The first-order valence-electron chi connectivity index (χ1n) is 13.5. The molecule has 2 heterocycles. The monoisotopic (exact) mass is 453 g/mol. The third kappa shape index (κ3) is 8.54. The smallest absolute Gasteiger partial charge is 0.0609 e. The highest BCUT2D eigenvalue weighted by atomic mass is 16.5. The van der Waals surface area contributed by atoms with Crippen molar-refractivity contribution in [3.63, 3.8) is 0 Å². The molecular formula is C27H53N2O3. The Morgan fingerprint density at radius 3 is 1.75 bits per heavy atom. The van der Waals surface area contributed by atoms with E-state index in [0.29, 0.717) is 35.9 Å². The summed E-state index contributed by atoms with van der Waals surface area (Å²) in [5.74, 6) is 1.68. The molecule has 2 aliphatic heterocycles. The van der Waals surface area contributed by atoms with Crippen molar-refractivity contribution in [2.45, 2.75) is 143 Å². The predicted octanol–water partition coefficient (Wildman–Crippen LogP) is 5.99. The maximum absolute atomic E-state index is 12.6. The van der Waals surface area contributed by atoms with Crippen LogP contribution in [0, 0.1) is 17.8 Å². The number of unbranched alkanes of at least 4 members (excludes halogenated alkanes) is 3. The van der Waals surface area contributed by atoms with Gasteiger partial charge in [0.15, 0.2) is 0 Å². The summed E-state index contributed by atoms with van der Waals surface area (Å²) in [7, 11) is 0. The molecule has 0 spiro atoms. The van der Waals surface area contributed by atoms with Crippen LogP contribution in [0.5, 0.6) is 0 Å². The zero-order valence-electron chi connectivity index (χ0n) is 22.4. The van der Waals surface area contributed by atoms with Crippen LogP contribution >= 0.6 is 0 Å². The zero-order chi connectivity index (χ0) is 23.9. The number of nitrogens with zero attached hydrogens (tertiary/aromatic N) is 1. The molecule has 1 radical (unpaired) electrons. The zero-order valence-corrected chi connectivity index (χ0v) is 22.4. The van der Waals surface area contributed by atoms with Gasteiger partial charge in [-0.2, -0.15) is 0 Å². The van der Waals surface area contributed by atoms with Gasteiger partial charge in [0.05, 0.1) is 12.2 Å². The Balaban J connectivity index is 1.59. The Morgan fingerprint density at radius 1 is 0.781 bits per heavy atom. The summed E-state index contributed by atoms with van der Waals surface area (Å²) in [4.78, 5) is 0. The summed E-state index contributed by atoms with van der Waals surface area (Å²) >= 11 is 0. The molecule has 0 aromatic heterocycles. The van der Waals surface area contributed by atoms with Gasteiger partial charge in [0.25, 0.3) is 0 Å². The fourth-order valence-electron chi connectivity index (χ4n) is 5.41. The molecule has 5 nitrogen and oxygen atoms in total. The van der Waals surface area contributed by atoms with E-state index in [2.05, 4.69) is 60.7 Å². The molecule has 0 aromatic carbocycles. The Labute approximate surface area is 199 Å². The average Bonchev–Trinajstić information content (AvgIpc) is 2.71. The van der Waals surface area contributed by atoms with E-state index in [9.17, 15) is 5.21 Å². The third-order valence-corrected chi connectivity index (χ3v) is 7.72. The lowest BCUT2D eigenvalue weighted by Crippen LogP contribution is -2.56. The second-order valence-electron chi connectivity index (χ2n) is 12.1. The van der Waals surface area contributed by atoms with Crippen molar-refractivity contribution in [1.82, 2.24) is 10.4 Å². The SMILES string of the molecule is CC(C)C1CC(OCCCCCCOC2CC(C(C)C)N([O])C(C)(C)C2)CC(C(C)C)N1. The van der Waals surface area contributed by atoms with Crippen molar-refractivity contribution < 1.29 is 14.7 Å². The average molecular weight is 454 g/mol. The summed E-state index contributed by atoms with van der Waals surface area (Å²) in [5, 5.41) is 17.7. The van der Waals surface area contributed by atoms with Crippen molar-refractivity contribution in [1.29, 1.82) is 0 Å². The minimum atomic E-state index is -0.326. The minimum Gasteiger partial charge on any atom is -0.378 e. The number of piperidine rings is 2. The van der Waals surface area contributed by atoms with Crippen molar-refractivity contribution in [2.24, 2.45) is 17.8 Å². The van der Waals surface area contributed by atoms with E-state index in [1.807, 2.05) is 0 Å². The molecule has 0 amide bonds. The molecule has 32 heavy (non-hydrogen) atoms. The predicted molar refractivity (Wildman–Crippen MR) is 132 cm³/mol. The molecule has 2 aliphatic rings. The van der Waals surface area contributed by atoms with Gasteiger partial charge in [0.2, 0.25) is 0 Å². The largest absolute Gasteiger partial charge is 0.378 e. The lowest BCUT2D eigenvalue weighted by atomic mass is 9.82. The second kappa shape index (κ2) is 13.0. The van der Waals surface area contributed by atoms with Crippen molar-refractivity contribution in [3.8, 4) is 0 Å². The van der Waals surface area contributed by atoms with Crippen molar-refractivity contribution >= 4 is 0 Å². The molecule has 2 rings (SSSR count). The number of ether oxygens (including phenoxy) is 2. The lowest BCUT2D eigenvalue weighted by Gasteiger charge is -2.46. The first kappa shape index (κ1) is 28.0. The summed E-state index contributed by atoms with van der Waals surface area (Å²) < 4.78 is 12.5. The molecule has 2 fully saturated rings. The van der Waals surface area contributed by atoms with E-state index in [1.54, 1.807) is 0 Å². The number of rotatable bonds is 12. The van der Waals surface area contributed by atoms with Crippen LogP contribution < -0.4 is 5.32 Å². The summed E-state index contributed by atoms with van der Waals surface area (Å²) in [5.41, 5.74) is -0.326. The van der Waals surface area contributed by atoms with Gasteiger partial charge >= 0.3 is 0 Å². The normalized spacial score (nSPS) is 31.7. The molecule has 2 saturated heterocycles. The van der Waals surface area contributed by atoms with Crippen LogP contribution in [0.2, 0.25) is 0 Å². The van der Waals surface area contributed by atoms with Gasteiger partial charge in [0.1, 0.15) is 0 Å². The van der Waals surface area contributed by atoms with Gasteiger partial charge in [0, 0.05) is 36.9 Å². The van der Waals surface area contributed by atoms with E-state index in [1.165, 1.54) is 17.9 Å². The number of hydroxylamine groups is 2. The quantitative estimate of drug-likeness (QED) is 0.369. The third-order valence-electron chi connectivity index (χ3n) is 7.72. The Bertz CT molecular complexity index is 507. The van der Waals surface area contributed by atoms with E-state index in [0.717, 1.165) is 51.7 Å². The Kier molecular flexibility index (Phi) is 11.4. The first-order valence-corrected chi connectivity index (χ1v) is 13.5. The maximum Gasteiger partial charge on any atom is 0.0609 e. The maximum atomic E-state index is 12.6. The van der Waals surface area contributed by atoms with E-state index in [-0.39, 0.29) is 17.7 Å². The number of hydrogen-bond acceptors (Lipinski definition) is 4. The van der Waals surface area contributed by atoms with E-state index >= 15 is 0 Å². The van der Waals surface area contributed by atoms with Gasteiger partial charge in [-0.3, -0.25) is 0 Å². The van der Waals surface area contributed by atoms with Crippen LogP contribution in [0.3, 0.4) is 0 Å². The van der Waals surface area contributed by atoms with Crippen LogP contribution in [0.1, 0.15) is 107 Å². The van der Waals surface area contributed by atoms with Crippen LogP contribution in [-0.2, 0) is 14.7 Å². The molecule has 1 N–H and O–H groups in total. The molecule has 5 heteroatoms. The number of hydrogen-bond donors (Lipinski definition) is 1. The molecule has 189 valence electrons. The number of nitrogens with one attached hydrogen (secondary N) is 1. The fraction of sp³-hybridized carbons (Fsp3) is 1.00. The van der Waals surface area contributed by atoms with Crippen molar-refractivity contribution in [3.05, 3.63) is 0 Å². The molecule has 0 aliphatic carbocycles. The summed E-state index contributed by atoms with van der Waals surface area (Å²) in [6.45, 7) is 19.3. The molecule has 0 aromatic rings. The highest BCUT2D eigenvalue weighted by molar-refractivity contribution is 4.92. The van der Waals surface area contributed by atoms with Crippen LogP contribution in [0.15, 0.2) is 0 Å². The Morgan fingerprint density at radius 2 is 1.28 bits per heavy atom. The van der Waals surface area contributed by atoms with Gasteiger partial charge in [-0.05, 0) is 70.1 Å². The van der Waals surface area contributed by atoms with Gasteiger partial charge < -0.3 is 14.8 Å². The van der Waals surface area contributed by atoms with Crippen LogP contribution in [0.4, 0.5) is 0 Å². The molecular weight excluding hydrogens is 400 g/mol. The van der Waals surface area contributed by atoms with Gasteiger partial charge in [-0.25, -0.2) is 0 Å². The molecule has 0 saturated carbocycles. The topological polar surface area (TPSA) is 53.6 Å². The van der Waals surface area contributed by atoms with E-state index < -0.39 is 0 Å². The fourth-order valence-corrected chi connectivity index (χ4v) is 5.41. The van der Waals surface area contributed by atoms with Crippen LogP contribution in [-0.4, -0.2) is 54.1 Å². The van der Waals surface area contributed by atoms with Crippen LogP contribution in [0.25, 0.3) is 0 Å². The molecule has 4 atom stereocenters. The molecule has 0 bridgehead atoms. The second-order valence-corrected chi connectivity index (χ2v) is 12.1. The Hall–Kier alpha value is -0.200. The molecule has 4 unspecified atom stereocenters. The first-order chi connectivity index (χ1) is 15.0. The van der Waals surface area contributed by atoms with Crippen molar-refractivity contribution in [2.75, 3.05) is 13.2 Å². The van der Waals surface area contributed by atoms with Gasteiger partial charge in [-0.15, -0.1) is 10.3 Å². The van der Waals surface area contributed by atoms with Gasteiger partial charge in [-0.1, -0.05) is 54.4 Å². The highest BCUT2D eigenvalue weighted by Crippen LogP contribution is 2.35. The summed E-state index contributed by atoms with van der Waals surface area (Å²) in [6, 6.07) is 1.22. The lowest BCUT2D eigenvalue weighted by molar-refractivity contribution is -0.281. The standard InChI is InChI=1S/C27H53N2O3/c1-19(2)24-15-22(16-25(28-24)20(3)4)31-13-11-9-10-12-14-32-23-17-26(21(5)6)29(30)27(7,8)18-23/h19-26,28H,9-18H2,1-8H3. The minimum absolute atomic E-state index is 0.0708.